The summed E-state index contributed by atoms with van der Waals surface area (Å²) in [5.74, 6) is 1.50. The van der Waals surface area contributed by atoms with Gasteiger partial charge >= 0.3 is 0 Å². The van der Waals surface area contributed by atoms with E-state index in [0.717, 1.165) is 54.7 Å². The van der Waals surface area contributed by atoms with Gasteiger partial charge in [0.05, 0.1) is 14.2 Å². The number of methoxy groups -OCH3 is 2. The summed E-state index contributed by atoms with van der Waals surface area (Å²) in [5.41, 5.74) is 5.61. The van der Waals surface area contributed by atoms with Gasteiger partial charge < -0.3 is 19.5 Å². The van der Waals surface area contributed by atoms with Crippen molar-refractivity contribution in [2.45, 2.75) is 31.7 Å². The Bertz CT molecular complexity index is 1030. The quantitative estimate of drug-likeness (QED) is 0.627. The zero-order valence-corrected chi connectivity index (χ0v) is 18.6. The third-order valence-corrected chi connectivity index (χ3v) is 6.46. The first-order valence-electron chi connectivity index (χ1n) is 10.9. The Morgan fingerprint density at radius 3 is 2.48 bits per heavy atom. The second kappa shape index (κ2) is 9.44. The van der Waals surface area contributed by atoms with E-state index in [1.165, 1.54) is 11.1 Å². The molecule has 0 spiro atoms. The van der Waals surface area contributed by atoms with Crippen LogP contribution in [-0.2, 0) is 19.3 Å². The van der Waals surface area contributed by atoms with Crippen LogP contribution < -0.4 is 9.47 Å². The molecular formula is C27H31NO3. The minimum absolute atomic E-state index is 0.209. The molecule has 4 nitrogen and oxygen atoms in total. The molecule has 0 radical (unpaired) electrons. The lowest BCUT2D eigenvalue weighted by molar-refractivity contribution is 0.232. The van der Waals surface area contributed by atoms with Crippen LogP contribution in [-0.4, -0.2) is 43.9 Å². The van der Waals surface area contributed by atoms with E-state index in [9.17, 15) is 5.11 Å². The summed E-state index contributed by atoms with van der Waals surface area (Å²) >= 11 is 0. The van der Waals surface area contributed by atoms with Crippen molar-refractivity contribution in [3.05, 3.63) is 77.4 Å². The Morgan fingerprint density at radius 1 is 0.968 bits per heavy atom. The van der Waals surface area contributed by atoms with Crippen LogP contribution in [0.1, 0.15) is 23.1 Å². The van der Waals surface area contributed by atoms with Crippen molar-refractivity contribution in [2.24, 2.45) is 0 Å². The first kappa shape index (κ1) is 21.3. The van der Waals surface area contributed by atoms with Gasteiger partial charge in [0.1, 0.15) is 5.75 Å². The maximum absolute atomic E-state index is 11.1. The van der Waals surface area contributed by atoms with Gasteiger partial charge in [0, 0.05) is 18.2 Å². The number of phenols is 1. The number of aromatic hydroxyl groups is 1. The van der Waals surface area contributed by atoms with Crippen LogP contribution in [0, 0.1) is 0 Å². The summed E-state index contributed by atoms with van der Waals surface area (Å²) in [6.07, 6.45) is 3.88. The molecule has 4 heteroatoms. The Hall–Kier alpha value is -2.98. The third-order valence-electron chi connectivity index (χ3n) is 6.46. The number of ether oxygens (including phenoxy) is 2. The van der Waals surface area contributed by atoms with Crippen LogP contribution in [0.25, 0.3) is 11.1 Å². The van der Waals surface area contributed by atoms with Gasteiger partial charge in [-0.15, -0.1) is 0 Å². The monoisotopic (exact) mass is 417 g/mol. The van der Waals surface area contributed by atoms with Crippen LogP contribution in [0.3, 0.4) is 0 Å². The van der Waals surface area contributed by atoms with E-state index in [0.29, 0.717) is 11.8 Å². The summed E-state index contributed by atoms with van der Waals surface area (Å²) in [4.78, 5) is 2.47. The van der Waals surface area contributed by atoms with Crippen molar-refractivity contribution in [1.29, 1.82) is 0 Å². The van der Waals surface area contributed by atoms with Gasteiger partial charge in [-0.2, -0.15) is 0 Å². The van der Waals surface area contributed by atoms with Gasteiger partial charge in [0.25, 0.3) is 0 Å². The molecule has 1 aliphatic heterocycles. The highest BCUT2D eigenvalue weighted by molar-refractivity contribution is 5.80. The van der Waals surface area contributed by atoms with E-state index < -0.39 is 0 Å². The maximum Gasteiger partial charge on any atom is 0.165 e. The highest BCUT2D eigenvalue weighted by atomic mass is 16.5. The zero-order chi connectivity index (χ0) is 21.8. The van der Waals surface area contributed by atoms with Crippen LogP contribution in [0.5, 0.6) is 17.2 Å². The van der Waals surface area contributed by atoms with E-state index in [1.54, 1.807) is 14.2 Å². The molecule has 0 unspecified atom stereocenters. The zero-order valence-electron chi connectivity index (χ0n) is 18.6. The Labute approximate surface area is 185 Å². The van der Waals surface area contributed by atoms with Crippen molar-refractivity contribution in [3.63, 3.8) is 0 Å². The number of benzene rings is 3. The lowest BCUT2D eigenvalue weighted by atomic mass is 9.89. The van der Waals surface area contributed by atoms with Crippen molar-refractivity contribution < 1.29 is 14.6 Å². The van der Waals surface area contributed by atoms with Crippen molar-refractivity contribution in [2.75, 3.05) is 27.8 Å². The Morgan fingerprint density at radius 2 is 1.74 bits per heavy atom. The Balaban J connectivity index is 1.76. The molecule has 3 aromatic rings. The number of hydrogen-bond acceptors (Lipinski definition) is 4. The largest absolute Gasteiger partial charge is 0.504 e. The molecule has 1 heterocycles. The number of aryl methyl sites for hydroxylation is 1. The molecule has 1 aliphatic rings. The molecular weight excluding hydrogens is 386 g/mol. The summed E-state index contributed by atoms with van der Waals surface area (Å²) in [6.45, 7) is 0.963. The molecule has 4 rings (SSSR count). The number of rotatable bonds is 5. The van der Waals surface area contributed by atoms with E-state index >= 15 is 0 Å². The number of hydrogen-bond donors (Lipinski definition) is 1. The van der Waals surface area contributed by atoms with Crippen LogP contribution in [0.4, 0.5) is 0 Å². The summed E-state index contributed by atoms with van der Waals surface area (Å²) < 4.78 is 10.9. The van der Waals surface area contributed by atoms with E-state index in [4.69, 9.17) is 9.47 Å². The second-order valence-electron chi connectivity index (χ2n) is 8.29. The lowest BCUT2D eigenvalue weighted by Gasteiger charge is -2.28. The fourth-order valence-electron chi connectivity index (χ4n) is 4.57. The molecule has 3 aromatic carbocycles. The van der Waals surface area contributed by atoms with Crippen molar-refractivity contribution in [1.82, 2.24) is 4.90 Å². The van der Waals surface area contributed by atoms with Gasteiger partial charge in [-0.05, 0) is 73.2 Å². The van der Waals surface area contributed by atoms with Gasteiger partial charge in [-0.3, -0.25) is 0 Å². The molecule has 0 fully saturated rings. The van der Waals surface area contributed by atoms with Crippen LogP contribution in [0.2, 0.25) is 0 Å². The fraction of sp³-hybridized carbons (Fsp3) is 0.333. The van der Waals surface area contributed by atoms with Crippen molar-refractivity contribution in [3.8, 4) is 28.4 Å². The Kier molecular flexibility index (Phi) is 6.47. The minimum Gasteiger partial charge on any atom is -0.504 e. The van der Waals surface area contributed by atoms with Gasteiger partial charge in [-0.25, -0.2) is 0 Å². The average Bonchev–Trinajstić information content (AvgIpc) is 2.86. The molecule has 31 heavy (non-hydrogen) atoms. The summed E-state index contributed by atoms with van der Waals surface area (Å²) in [7, 11) is 5.49. The van der Waals surface area contributed by atoms with Crippen LogP contribution >= 0.6 is 0 Å². The van der Waals surface area contributed by atoms with E-state index in [1.807, 2.05) is 18.2 Å². The van der Waals surface area contributed by atoms with Gasteiger partial charge in [-0.1, -0.05) is 42.5 Å². The van der Waals surface area contributed by atoms with Crippen molar-refractivity contribution >= 4 is 0 Å². The highest BCUT2D eigenvalue weighted by Crippen LogP contribution is 2.43. The first-order chi connectivity index (χ1) is 15.1. The topological polar surface area (TPSA) is 41.9 Å². The minimum atomic E-state index is 0.209. The molecule has 0 saturated heterocycles. The lowest BCUT2D eigenvalue weighted by Crippen LogP contribution is -2.35. The van der Waals surface area contributed by atoms with Gasteiger partial charge in [0.15, 0.2) is 11.5 Å². The first-order valence-corrected chi connectivity index (χ1v) is 10.9. The molecule has 0 saturated carbocycles. The standard InChI is InChI=1S/C27H31NO3/c1-28-16-15-20-10-13-23(30-2)18-24(20)26-21(11-14-25(31-3)27(26)29)17-22(28)12-9-19-7-5-4-6-8-19/h4-8,10-11,13-14,18,22,29H,9,12,15-17H2,1-3H3/t22-/m0/s1. The smallest absolute Gasteiger partial charge is 0.165 e. The molecule has 1 atom stereocenters. The molecule has 0 bridgehead atoms. The number of phenolic OH excluding ortho intramolecular Hbond substituents is 1. The summed E-state index contributed by atoms with van der Waals surface area (Å²) in [6, 6.07) is 21.2. The molecule has 0 amide bonds. The second-order valence-corrected chi connectivity index (χ2v) is 8.29. The number of fused-ring (bicyclic) bond motifs is 3. The van der Waals surface area contributed by atoms with E-state index in [-0.39, 0.29) is 5.75 Å². The molecule has 1 N–H and O–H groups in total. The highest BCUT2D eigenvalue weighted by Gasteiger charge is 2.25. The fourth-order valence-corrected chi connectivity index (χ4v) is 4.57. The summed E-state index contributed by atoms with van der Waals surface area (Å²) in [5, 5.41) is 11.1. The molecule has 0 aliphatic carbocycles. The predicted molar refractivity (Wildman–Crippen MR) is 125 cm³/mol. The molecule has 0 aromatic heterocycles. The maximum atomic E-state index is 11.1. The van der Waals surface area contributed by atoms with Gasteiger partial charge in [0.2, 0.25) is 0 Å². The normalized spacial score (nSPS) is 16.4. The number of nitrogens with zero attached hydrogens (tertiary/aromatic N) is 1. The third kappa shape index (κ3) is 4.54. The molecule has 162 valence electrons. The SMILES string of the molecule is COc1ccc2c(c1)-c1c(ccc(OC)c1O)C[C@H](CCc1ccccc1)N(C)CC2. The van der Waals surface area contributed by atoms with E-state index in [2.05, 4.69) is 54.4 Å². The predicted octanol–water partition coefficient (Wildman–Crippen LogP) is 5.11. The van der Waals surface area contributed by atoms with Crippen LogP contribution in [0.15, 0.2) is 60.7 Å². The average molecular weight is 418 g/mol. The number of likely N-dealkylation sites (N-methyl/N-ethyl adjacent to an activating group) is 1.